The molecule has 1 aromatic rings. The van der Waals surface area contributed by atoms with Crippen molar-refractivity contribution in [1.29, 1.82) is 0 Å². The van der Waals surface area contributed by atoms with E-state index in [1.807, 2.05) is 30.3 Å². The van der Waals surface area contributed by atoms with E-state index in [2.05, 4.69) is 0 Å². The topological polar surface area (TPSA) is 63.6 Å². The number of benzene rings is 1. The largest absolute Gasteiger partial charge is 0.481 e. The van der Waals surface area contributed by atoms with Gasteiger partial charge in [-0.3, -0.25) is 9.59 Å². The van der Waals surface area contributed by atoms with Gasteiger partial charge in [-0.15, -0.1) is 0 Å². The van der Waals surface area contributed by atoms with Crippen LogP contribution in [-0.2, 0) is 20.9 Å². The third-order valence-corrected chi connectivity index (χ3v) is 3.74. The van der Waals surface area contributed by atoms with Crippen LogP contribution in [0, 0.1) is 5.41 Å². The van der Waals surface area contributed by atoms with Gasteiger partial charge in [-0.25, -0.2) is 0 Å². The van der Waals surface area contributed by atoms with Crippen molar-refractivity contribution in [2.45, 2.75) is 38.9 Å². The number of carbonyl (C=O) groups is 2. The van der Waals surface area contributed by atoms with Gasteiger partial charge in [0.2, 0.25) is 0 Å². The lowest BCUT2D eigenvalue weighted by Crippen LogP contribution is -2.46. The Hall–Kier alpha value is -1.68. The summed E-state index contributed by atoms with van der Waals surface area (Å²) < 4.78 is 5.76. The Morgan fingerprint density at radius 2 is 2.11 bits per heavy atom. The average Bonchev–Trinajstić information content (AvgIpc) is 2.39. The van der Waals surface area contributed by atoms with Crippen molar-refractivity contribution in [3.05, 3.63) is 35.9 Å². The summed E-state index contributed by atoms with van der Waals surface area (Å²) in [6.07, 6.45) is 0.529. The fourth-order valence-corrected chi connectivity index (χ4v) is 2.47. The lowest BCUT2D eigenvalue weighted by Gasteiger charge is -2.36. The molecule has 0 aliphatic heterocycles. The van der Waals surface area contributed by atoms with Crippen LogP contribution < -0.4 is 0 Å². The number of rotatable bonds is 4. The molecule has 1 saturated carbocycles. The molecule has 1 aliphatic rings. The molecule has 4 nitrogen and oxygen atoms in total. The van der Waals surface area contributed by atoms with E-state index in [9.17, 15) is 14.7 Å². The Bertz CT molecular complexity index is 468. The summed E-state index contributed by atoms with van der Waals surface area (Å²) in [4.78, 5) is 22.9. The number of hydrogen-bond acceptors (Lipinski definition) is 3. The predicted octanol–water partition coefficient (Wildman–Crippen LogP) is 2.42. The van der Waals surface area contributed by atoms with Crippen molar-refractivity contribution < 1.29 is 19.4 Å². The van der Waals surface area contributed by atoms with E-state index >= 15 is 0 Å². The molecule has 2 rings (SSSR count). The molecular formula is C15H18O4. The summed E-state index contributed by atoms with van der Waals surface area (Å²) in [7, 11) is 0. The van der Waals surface area contributed by atoms with E-state index in [1.54, 1.807) is 6.92 Å². The minimum atomic E-state index is -1.11. The van der Waals surface area contributed by atoms with Gasteiger partial charge in [0.15, 0.2) is 0 Å². The average molecular weight is 262 g/mol. The van der Waals surface area contributed by atoms with Gasteiger partial charge >= 0.3 is 5.97 Å². The Morgan fingerprint density at radius 3 is 2.74 bits per heavy atom. The quantitative estimate of drug-likeness (QED) is 0.905. The van der Waals surface area contributed by atoms with Crippen LogP contribution in [0.5, 0.6) is 0 Å². The van der Waals surface area contributed by atoms with E-state index in [4.69, 9.17) is 4.74 Å². The standard InChI is InChI=1S/C15H18O4/c1-15(14(17)18)9-12(16)7-8-13(15)19-10-11-5-3-2-4-6-11/h2-6,13H,7-10H2,1H3,(H,17,18). The van der Waals surface area contributed by atoms with Crippen LogP contribution in [0.3, 0.4) is 0 Å². The fraction of sp³-hybridized carbons (Fsp3) is 0.467. The number of ether oxygens (including phenoxy) is 1. The molecule has 0 spiro atoms. The molecule has 4 heteroatoms. The maximum Gasteiger partial charge on any atom is 0.312 e. The lowest BCUT2D eigenvalue weighted by molar-refractivity contribution is -0.166. The Labute approximate surface area is 112 Å². The molecule has 102 valence electrons. The SMILES string of the molecule is CC1(C(=O)O)CC(=O)CCC1OCc1ccccc1. The van der Waals surface area contributed by atoms with Crippen LogP contribution in [-0.4, -0.2) is 23.0 Å². The van der Waals surface area contributed by atoms with E-state index in [0.717, 1.165) is 5.56 Å². The van der Waals surface area contributed by atoms with Crippen LogP contribution in [0.1, 0.15) is 31.7 Å². The number of Topliss-reactive ketones (excluding diaryl/α,β-unsaturated/α-hetero) is 1. The first-order chi connectivity index (χ1) is 9.02. The lowest BCUT2D eigenvalue weighted by atomic mass is 9.72. The third kappa shape index (κ3) is 3.01. The number of aliphatic carboxylic acids is 1. The highest BCUT2D eigenvalue weighted by Crippen LogP contribution is 2.37. The van der Waals surface area contributed by atoms with Gasteiger partial charge in [-0.1, -0.05) is 30.3 Å². The Morgan fingerprint density at radius 1 is 1.42 bits per heavy atom. The first-order valence-corrected chi connectivity index (χ1v) is 6.43. The molecule has 0 bridgehead atoms. The van der Waals surface area contributed by atoms with Crippen molar-refractivity contribution in [3.63, 3.8) is 0 Å². The zero-order valence-corrected chi connectivity index (χ0v) is 11.0. The Kier molecular flexibility index (Phi) is 4.00. The summed E-state index contributed by atoms with van der Waals surface area (Å²) in [6, 6.07) is 9.63. The zero-order chi connectivity index (χ0) is 13.9. The molecule has 0 aromatic heterocycles. The molecule has 1 N–H and O–H groups in total. The Balaban J connectivity index is 2.05. The van der Waals surface area contributed by atoms with Crippen LogP contribution in [0.2, 0.25) is 0 Å². The van der Waals surface area contributed by atoms with E-state index < -0.39 is 17.5 Å². The number of carboxylic acids is 1. The van der Waals surface area contributed by atoms with E-state index in [0.29, 0.717) is 19.4 Å². The molecule has 19 heavy (non-hydrogen) atoms. The summed E-state index contributed by atoms with van der Waals surface area (Å²) in [6.45, 7) is 1.98. The summed E-state index contributed by atoms with van der Waals surface area (Å²) in [5, 5.41) is 9.35. The van der Waals surface area contributed by atoms with Crippen molar-refractivity contribution in [3.8, 4) is 0 Å². The minimum Gasteiger partial charge on any atom is -0.481 e. The second-order valence-electron chi connectivity index (χ2n) is 5.26. The monoisotopic (exact) mass is 262 g/mol. The molecule has 0 radical (unpaired) electrons. The molecule has 0 heterocycles. The minimum absolute atomic E-state index is 0.00413. The molecule has 1 aromatic carbocycles. The van der Waals surface area contributed by atoms with Gasteiger partial charge < -0.3 is 9.84 Å². The van der Waals surface area contributed by atoms with Crippen LogP contribution in [0.25, 0.3) is 0 Å². The molecular weight excluding hydrogens is 244 g/mol. The normalized spacial score (nSPS) is 27.2. The number of hydrogen-bond donors (Lipinski definition) is 1. The third-order valence-electron chi connectivity index (χ3n) is 3.74. The smallest absolute Gasteiger partial charge is 0.312 e. The van der Waals surface area contributed by atoms with E-state index in [-0.39, 0.29) is 12.2 Å². The predicted molar refractivity (Wildman–Crippen MR) is 69.6 cm³/mol. The second-order valence-corrected chi connectivity index (χ2v) is 5.26. The van der Waals surface area contributed by atoms with Crippen LogP contribution >= 0.6 is 0 Å². The highest BCUT2D eigenvalue weighted by atomic mass is 16.5. The van der Waals surface area contributed by atoms with Gasteiger partial charge in [0.05, 0.1) is 18.1 Å². The second kappa shape index (κ2) is 5.53. The first-order valence-electron chi connectivity index (χ1n) is 6.43. The molecule has 2 unspecified atom stereocenters. The number of carbonyl (C=O) groups excluding carboxylic acids is 1. The molecule has 2 atom stereocenters. The van der Waals surface area contributed by atoms with Crippen molar-refractivity contribution in [1.82, 2.24) is 0 Å². The van der Waals surface area contributed by atoms with Crippen molar-refractivity contribution >= 4 is 11.8 Å². The van der Waals surface area contributed by atoms with Gasteiger partial charge in [0, 0.05) is 12.8 Å². The molecule has 0 saturated heterocycles. The highest BCUT2D eigenvalue weighted by Gasteiger charge is 2.46. The molecule has 1 fully saturated rings. The van der Waals surface area contributed by atoms with Gasteiger partial charge in [-0.05, 0) is 18.9 Å². The summed E-state index contributed by atoms with van der Waals surface area (Å²) in [5.41, 5.74) is -0.100. The van der Waals surface area contributed by atoms with Gasteiger partial charge in [0.25, 0.3) is 0 Å². The van der Waals surface area contributed by atoms with Crippen LogP contribution in [0.15, 0.2) is 30.3 Å². The molecule has 1 aliphatic carbocycles. The highest BCUT2D eigenvalue weighted by molar-refractivity contribution is 5.88. The summed E-state index contributed by atoms with van der Waals surface area (Å²) in [5.74, 6) is -0.955. The number of ketones is 1. The van der Waals surface area contributed by atoms with Gasteiger partial charge in [0.1, 0.15) is 5.78 Å². The fourth-order valence-electron chi connectivity index (χ4n) is 2.47. The number of carboxylic acid groups (broad SMARTS) is 1. The summed E-state index contributed by atoms with van der Waals surface area (Å²) >= 11 is 0. The maximum absolute atomic E-state index is 11.5. The van der Waals surface area contributed by atoms with Crippen LogP contribution in [0.4, 0.5) is 0 Å². The first kappa shape index (κ1) is 13.7. The van der Waals surface area contributed by atoms with Gasteiger partial charge in [-0.2, -0.15) is 0 Å². The van der Waals surface area contributed by atoms with E-state index in [1.165, 1.54) is 0 Å². The van der Waals surface area contributed by atoms with Crippen molar-refractivity contribution in [2.24, 2.45) is 5.41 Å². The van der Waals surface area contributed by atoms with Crippen molar-refractivity contribution in [2.75, 3.05) is 0 Å². The zero-order valence-electron chi connectivity index (χ0n) is 11.0. The molecule has 0 amide bonds. The maximum atomic E-state index is 11.5.